The van der Waals surface area contributed by atoms with E-state index in [1.165, 1.54) is 6.07 Å². The zero-order valence-corrected chi connectivity index (χ0v) is 10.5. The van der Waals surface area contributed by atoms with Crippen LogP contribution in [-0.4, -0.2) is 35.4 Å². The van der Waals surface area contributed by atoms with Crippen molar-refractivity contribution in [3.63, 3.8) is 0 Å². The van der Waals surface area contributed by atoms with Gasteiger partial charge in [0.15, 0.2) is 11.5 Å². The smallest absolute Gasteiger partial charge is 0.404 e. The van der Waals surface area contributed by atoms with Crippen molar-refractivity contribution in [1.82, 2.24) is 15.8 Å². The molecule has 0 radical (unpaired) electrons. The molecule has 2 aromatic rings. The van der Waals surface area contributed by atoms with Gasteiger partial charge in [0, 0.05) is 24.7 Å². The molecule has 3 N–H and O–H groups in total. The number of carboxylic acid groups (broad SMARTS) is 1. The number of amides is 2. The minimum atomic E-state index is -1.13. The predicted octanol–water partition coefficient (Wildman–Crippen LogP) is 1.34. The predicted molar refractivity (Wildman–Crippen MR) is 70.3 cm³/mol. The number of hydrogen-bond donors (Lipinski definition) is 3. The van der Waals surface area contributed by atoms with E-state index in [2.05, 4.69) is 15.8 Å². The van der Waals surface area contributed by atoms with Crippen LogP contribution >= 0.6 is 0 Å². The van der Waals surface area contributed by atoms with Gasteiger partial charge < -0.3 is 20.3 Å². The Bertz CT molecular complexity index is 595. The van der Waals surface area contributed by atoms with Gasteiger partial charge in [0.25, 0.3) is 5.91 Å². The maximum absolute atomic E-state index is 11.7. The lowest BCUT2D eigenvalue weighted by Crippen LogP contribution is -2.34. The maximum Gasteiger partial charge on any atom is 0.404 e. The van der Waals surface area contributed by atoms with E-state index in [4.69, 9.17) is 9.63 Å². The van der Waals surface area contributed by atoms with Crippen molar-refractivity contribution in [3.8, 4) is 11.3 Å². The summed E-state index contributed by atoms with van der Waals surface area (Å²) in [6.07, 6.45) is -1.13. The summed E-state index contributed by atoms with van der Waals surface area (Å²) in [7, 11) is 0. The monoisotopic (exact) mass is 275 g/mol. The number of nitrogens with zero attached hydrogens (tertiary/aromatic N) is 1. The van der Waals surface area contributed by atoms with Crippen molar-refractivity contribution in [1.29, 1.82) is 0 Å². The van der Waals surface area contributed by atoms with Gasteiger partial charge in [-0.25, -0.2) is 4.79 Å². The fourth-order valence-corrected chi connectivity index (χ4v) is 1.56. The van der Waals surface area contributed by atoms with E-state index >= 15 is 0 Å². The Hall–Kier alpha value is -2.83. The number of nitrogens with one attached hydrogen (secondary N) is 2. The summed E-state index contributed by atoms with van der Waals surface area (Å²) >= 11 is 0. The molecule has 0 spiro atoms. The van der Waals surface area contributed by atoms with E-state index in [9.17, 15) is 9.59 Å². The van der Waals surface area contributed by atoms with Crippen molar-refractivity contribution in [2.45, 2.75) is 0 Å². The minimum Gasteiger partial charge on any atom is -0.465 e. The normalized spacial score (nSPS) is 10.0. The third-order valence-corrected chi connectivity index (χ3v) is 2.49. The van der Waals surface area contributed by atoms with Crippen molar-refractivity contribution in [2.24, 2.45) is 0 Å². The van der Waals surface area contributed by atoms with E-state index in [-0.39, 0.29) is 18.8 Å². The summed E-state index contributed by atoms with van der Waals surface area (Å²) in [5.74, 6) is 0.0857. The van der Waals surface area contributed by atoms with Crippen LogP contribution in [0.5, 0.6) is 0 Å². The second-order valence-corrected chi connectivity index (χ2v) is 3.93. The van der Waals surface area contributed by atoms with Crippen LogP contribution in [0.15, 0.2) is 40.9 Å². The van der Waals surface area contributed by atoms with Crippen LogP contribution in [0.2, 0.25) is 0 Å². The Labute approximate surface area is 114 Å². The Balaban J connectivity index is 1.92. The van der Waals surface area contributed by atoms with Crippen molar-refractivity contribution in [2.75, 3.05) is 13.1 Å². The minimum absolute atomic E-state index is 0.129. The first kappa shape index (κ1) is 13.6. The second kappa shape index (κ2) is 6.37. The zero-order chi connectivity index (χ0) is 14.4. The molecule has 7 heteroatoms. The molecule has 20 heavy (non-hydrogen) atoms. The van der Waals surface area contributed by atoms with Crippen LogP contribution < -0.4 is 10.6 Å². The zero-order valence-electron chi connectivity index (χ0n) is 10.5. The summed E-state index contributed by atoms with van der Waals surface area (Å²) < 4.78 is 5.10. The number of carbonyl (C=O) groups is 2. The summed E-state index contributed by atoms with van der Waals surface area (Å²) in [6.45, 7) is 0.309. The molecule has 1 aromatic carbocycles. The van der Waals surface area contributed by atoms with Crippen molar-refractivity contribution >= 4 is 12.0 Å². The molecule has 0 aliphatic carbocycles. The molecule has 0 saturated carbocycles. The average Bonchev–Trinajstić information content (AvgIpc) is 2.94. The third-order valence-electron chi connectivity index (χ3n) is 2.49. The summed E-state index contributed by atoms with van der Waals surface area (Å²) in [6, 6.07) is 10.8. The van der Waals surface area contributed by atoms with Crippen LogP contribution in [-0.2, 0) is 0 Å². The standard InChI is InChI=1S/C13H13N3O4/c17-12(14-6-7-15-13(18)19)10-8-11(20-16-10)9-4-2-1-3-5-9/h1-5,8,15H,6-7H2,(H,14,17)(H,18,19). The number of carbonyl (C=O) groups excluding carboxylic acids is 1. The van der Waals surface area contributed by atoms with E-state index in [0.717, 1.165) is 5.56 Å². The molecule has 1 heterocycles. The highest BCUT2D eigenvalue weighted by Crippen LogP contribution is 2.19. The van der Waals surface area contributed by atoms with Gasteiger partial charge in [-0.15, -0.1) is 0 Å². The molecule has 0 bridgehead atoms. The van der Waals surface area contributed by atoms with Gasteiger partial charge >= 0.3 is 6.09 Å². The Morgan fingerprint density at radius 3 is 2.55 bits per heavy atom. The molecule has 0 fully saturated rings. The number of benzene rings is 1. The highest BCUT2D eigenvalue weighted by molar-refractivity contribution is 5.93. The first-order valence-corrected chi connectivity index (χ1v) is 5.94. The Morgan fingerprint density at radius 2 is 1.85 bits per heavy atom. The molecular formula is C13H13N3O4. The van der Waals surface area contributed by atoms with Gasteiger partial charge in [0.2, 0.25) is 0 Å². The first-order valence-electron chi connectivity index (χ1n) is 5.94. The molecule has 0 unspecified atom stereocenters. The first-order chi connectivity index (χ1) is 9.66. The van der Waals surface area contributed by atoms with Crippen LogP contribution in [0.3, 0.4) is 0 Å². The van der Waals surface area contributed by atoms with E-state index in [1.54, 1.807) is 0 Å². The molecular weight excluding hydrogens is 262 g/mol. The quantitative estimate of drug-likeness (QED) is 0.714. The van der Waals surface area contributed by atoms with E-state index in [1.807, 2.05) is 30.3 Å². The summed E-state index contributed by atoms with van der Waals surface area (Å²) in [5, 5.41) is 16.7. The van der Waals surface area contributed by atoms with E-state index in [0.29, 0.717) is 5.76 Å². The van der Waals surface area contributed by atoms with Crippen LogP contribution in [0.25, 0.3) is 11.3 Å². The average molecular weight is 275 g/mol. The lowest BCUT2D eigenvalue weighted by Gasteiger charge is -2.01. The Morgan fingerprint density at radius 1 is 1.15 bits per heavy atom. The van der Waals surface area contributed by atoms with Crippen LogP contribution in [0, 0.1) is 0 Å². The molecule has 2 rings (SSSR count). The number of aromatic nitrogens is 1. The highest BCUT2D eigenvalue weighted by atomic mass is 16.5. The third kappa shape index (κ3) is 3.58. The van der Waals surface area contributed by atoms with Gasteiger partial charge in [0.1, 0.15) is 0 Å². The molecule has 104 valence electrons. The lowest BCUT2D eigenvalue weighted by atomic mass is 10.1. The van der Waals surface area contributed by atoms with Gasteiger partial charge in [-0.3, -0.25) is 4.79 Å². The highest BCUT2D eigenvalue weighted by Gasteiger charge is 2.12. The molecule has 0 aliphatic rings. The largest absolute Gasteiger partial charge is 0.465 e. The van der Waals surface area contributed by atoms with E-state index < -0.39 is 12.0 Å². The van der Waals surface area contributed by atoms with Crippen LogP contribution in [0.4, 0.5) is 4.79 Å². The molecule has 1 aromatic heterocycles. The molecule has 0 atom stereocenters. The lowest BCUT2D eigenvalue weighted by molar-refractivity contribution is 0.0944. The van der Waals surface area contributed by atoms with Gasteiger partial charge in [-0.1, -0.05) is 35.5 Å². The number of rotatable bonds is 5. The molecule has 7 nitrogen and oxygen atoms in total. The second-order valence-electron chi connectivity index (χ2n) is 3.93. The van der Waals surface area contributed by atoms with Crippen molar-refractivity contribution < 1.29 is 19.2 Å². The fourth-order valence-electron chi connectivity index (χ4n) is 1.56. The molecule has 2 amide bonds. The molecule has 0 saturated heterocycles. The topological polar surface area (TPSA) is 104 Å². The Kier molecular flexibility index (Phi) is 4.33. The maximum atomic E-state index is 11.7. The van der Waals surface area contributed by atoms with Crippen LogP contribution in [0.1, 0.15) is 10.5 Å². The summed E-state index contributed by atoms with van der Waals surface area (Å²) in [4.78, 5) is 21.9. The SMILES string of the molecule is O=C(O)NCCNC(=O)c1cc(-c2ccccc2)on1. The van der Waals surface area contributed by atoms with Gasteiger partial charge in [-0.05, 0) is 0 Å². The number of hydrogen-bond acceptors (Lipinski definition) is 4. The summed E-state index contributed by atoms with van der Waals surface area (Å²) in [5.41, 5.74) is 0.978. The van der Waals surface area contributed by atoms with Gasteiger partial charge in [-0.2, -0.15) is 0 Å². The van der Waals surface area contributed by atoms with Gasteiger partial charge in [0.05, 0.1) is 0 Å². The van der Waals surface area contributed by atoms with Crippen molar-refractivity contribution in [3.05, 3.63) is 42.1 Å². The molecule has 0 aliphatic heterocycles. The fraction of sp³-hybridized carbons (Fsp3) is 0.154.